The van der Waals surface area contributed by atoms with Gasteiger partial charge in [0.1, 0.15) is 17.3 Å². The van der Waals surface area contributed by atoms with Gasteiger partial charge in [-0.3, -0.25) is 9.69 Å². The van der Waals surface area contributed by atoms with Crippen LogP contribution in [0.25, 0.3) is 6.08 Å². The molecule has 3 rings (SSSR count). The second-order valence-corrected chi connectivity index (χ2v) is 5.61. The number of methoxy groups -OCH3 is 1. The molecule has 1 aliphatic rings. The van der Waals surface area contributed by atoms with E-state index in [1.807, 2.05) is 0 Å². The number of hydrogen-bond acceptors (Lipinski definition) is 4. The van der Waals surface area contributed by atoms with Crippen LogP contribution in [0, 0.1) is 6.92 Å². The Hall–Kier alpha value is -3.28. The molecule has 25 heavy (non-hydrogen) atoms. The first-order valence-corrected chi connectivity index (χ1v) is 7.63. The van der Waals surface area contributed by atoms with Gasteiger partial charge in [0.05, 0.1) is 18.3 Å². The van der Waals surface area contributed by atoms with Crippen LogP contribution in [0.5, 0.6) is 5.75 Å². The van der Waals surface area contributed by atoms with Crippen LogP contribution in [0.4, 0.5) is 5.69 Å². The van der Waals surface area contributed by atoms with Crippen LogP contribution in [-0.4, -0.2) is 24.1 Å². The predicted octanol–water partition coefficient (Wildman–Crippen LogP) is 3.39. The first kappa shape index (κ1) is 16.6. The molecule has 1 amide bonds. The molecule has 0 fully saturated rings. The molecule has 0 atom stereocenters. The van der Waals surface area contributed by atoms with Gasteiger partial charge in [-0.25, -0.2) is 4.79 Å². The maximum absolute atomic E-state index is 12.9. The minimum Gasteiger partial charge on any atom is -0.497 e. The highest BCUT2D eigenvalue weighted by molar-refractivity contribution is 6.23. The van der Waals surface area contributed by atoms with E-state index in [4.69, 9.17) is 9.15 Å². The van der Waals surface area contributed by atoms with Gasteiger partial charge in [-0.15, -0.1) is 0 Å². The van der Waals surface area contributed by atoms with Crippen molar-refractivity contribution in [3.05, 3.63) is 64.8 Å². The van der Waals surface area contributed by atoms with Crippen LogP contribution in [0.3, 0.4) is 0 Å². The number of furan rings is 1. The number of ether oxygens (including phenoxy) is 1. The Bertz CT molecular complexity index is 902. The van der Waals surface area contributed by atoms with Gasteiger partial charge >= 0.3 is 5.97 Å². The van der Waals surface area contributed by atoms with Gasteiger partial charge in [0, 0.05) is 11.4 Å². The molecule has 1 aliphatic heterocycles. The lowest BCUT2D eigenvalue weighted by atomic mass is 10.1. The fraction of sp³-hybridized carbons (Fsp3) is 0.158. The summed E-state index contributed by atoms with van der Waals surface area (Å²) < 4.78 is 10.6. The Kier molecular flexibility index (Phi) is 4.19. The summed E-state index contributed by atoms with van der Waals surface area (Å²) in [6, 6.07) is 10.3. The van der Waals surface area contributed by atoms with Crippen molar-refractivity contribution in [3.63, 3.8) is 0 Å². The first-order chi connectivity index (χ1) is 11.9. The number of carbonyl (C=O) groups excluding carboxylic acids is 1. The molecule has 0 radical (unpaired) electrons. The molecule has 0 spiro atoms. The lowest BCUT2D eigenvalue weighted by Gasteiger charge is -2.18. The van der Waals surface area contributed by atoms with Crippen molar-refractivity contribution in [1.29, 1.82) is 0 Å². The molecule has 0 aliphatic carbocycles. The molecule has 0 saturated carbocycles. The smallest absolute Gasteiger partial charge is 0.338 e. The number of hydrogen-bond donors (Lipinski definition) is 1. The van der Waals surface area contributed by atoms with Crippen LogP contribution in [0.15, 0.2) is 57.7 Å². The predicted molar refractivity (Wildman–Crippen MR) is 92.2 cm³/mol. The highest BCUT2D eigenvalue weighted by Crippen LogP contribution is 2.35. The zero-order valence-electron chi connectivity index (χ0n) is 14.1. The second kappa shape index (κ2) is 6.32. The van der Waals surface area contributed by atoms with Crippen LogP contribution in [0.1, 0.15) is 18.4 Å². The van der Waals surface area contributed by atoms with E-state index in [1.54, 1.807) is 57.4 Å². The Morgan fingerprint density at radius 1 is 1.16 bits per heavy atom. The summed E-state index contributed by atoms with van der Waals surface area (Å²) in [6.07, 6.45) is 1.46. The average Bonchev–Trinajstić information content (AvgIpc) is 3.09. The first-order valence-electron chi connectivity index (χ1n) is 7.63. The minimum atomic E-state index is -1.16. The van der Waals surface area contributed by atoms with E-state index in [2.05, 4.69) is 0 Å². The summed E-state index contributed by atoms with van der Waals surface area (Å²) in [4.78, 5) is 26.0. The van der Waals surface area contributed by atoms with Gasteiger partial charge in [0.15, 0.2) is 0 Å². The van der Waals surface area contributed by atoms with E-state index in [-0.39, 0.29) is 11.1 Å². The number of carbonyl (C=O) groups is 2. The van der Waals surface area contributed by atoms with Crippen molar-refractivity contribution in [2.45, 2.75) is 13.8 Å². The van der Waals surface area contributed by atoms with Gasteiger partial charge in [0.2, 0.25) is 0 Å². The van der Waals surface area contributed by atoms with Crippen molar-refractivity contribution in [2.24, 2.45) is 0 Å². The lowest BCUT2D eigenvalue weighted by molar-refractivity contribution is -0.132. The van der Waals surface area contributed by atoms with E-state index in [0.29, 0.717) is 28.7 Å². The molecule has 2 aromatic rings. The molecule has 1 N–H and O–H groups in total. The Morgan fingerprint density at radius 3 is 2.36 bits per heavy atom. The molecule has 0 unspecified atom stereocenters. The molecule has 0 bridgehead atoms. The third-order valence-electron chi connectivity index (χ3n) is 3.99. The number of amides is 1. The second-order valence-electron chi connectivity index (χ2n) is 5.61. The molecule has 128 valence electrons. The quantitative estimate of drug-likeness (QED) is 0.864. The number of carboxylic acids is 1. The van der Waals surface area contributed by atoms with Crippen LogP contribution < -0.4 is 9.64 Å². The van der Waals surface area contributed by atoms with Gasteiger partial charge in [-0.05, 0) is 56.3 Å². The van der Waals surface area contributed by atoms with Gasteiger partial charge in [-0.2, -0.15) is 0 Å². The van der Waals surface area contributed by atoms with E-state index in [1.165, 1.54) is 11.0 Å². The maximum atomic E-state index is 12.9. The van der Waals surface area contributed by atoms with Crippen molar-refractivity contribution >= 4 is 23.6 Å². The van der Waals surface area contributed by atoms with Gasteiger partial charge in [-0.1, -0.05) is 0 Å². The topological polar surface area (TPSA) is 80.0 Å². The lowest BCUT2D eigenvalue weighted by Crippen LogP contribution is -2.24. The zero-order chi connectivity index (χ0) is 18.1. The standard InChI is InChI=1S/C19H17NO5/c1-11-4-7-15(25-11)10-16-17(19(22)23)12(2)20(18(16)21)13-5-8-14(24-3)9-6-13/h4-10H,1-3H3,(H,22,23). The summed E-state index contributed by atoms with van der Waals surface area (Å²) in [7, 11) is 1.55. The number of allylic oxidation sites excluding steroid dienone is 1. The largest absolute Gasteiger partial charge is 0.497 e. The fourth-order valence-electron chi connectivity index (χ4n) is 2.81. The van der Waals surface area contributed by atoms with E-state index >= 15 is 0 Å². The number of carboxylic acid groups (broad SMARTS) is 1. The summed E-state index contributed by atoms with van der Waals surface area (Å²) in [5, 5.41) is 9.57. The zero-order valence-corrected chi connectivity index (χ0v) is 14.1. The fourth-order valence-corrected chi connectivity index (χ4v) is 2.81. The summed E-state index contributed by atoms with van der Waals surface area (Å²) >= 11 is 0. The molecule has 0 saturated heterocycles. The Morgan fingerprint density at radius 2 is 1.84 bits per heavy atom. The van der Waals surface area contributed by atoms with E-state index < -0.39 is 11.9 Å². The molecular weight excluding hydrogens is 322 g/mol. The highest BCUT2D eigenvalue weighted by Gasteiger charge is 2.37. The normalized spacial score (nSPS) is 16.0. The maximum Gasteiger partial charge on any atom is 0.338 e. The van der Waals surface area contributed by atoms with Crippen molar-refractivity contribution in [2.75, 3.05) is 12.0 Å². The van der Waals surface area contributed by atoms with E-state index in [0.717, 1.165) is 0 Å². The van der Waals surface area contributed by atoms with E-state index in [9.17, 15) is 14.7 Å². The molecule has 6 nitrogen and oxygen atoms in total. The van der Waals surface area contributed by atoms with Crippen molar-refractivity contribution in [1.82, 2.24) is 0 Å². The van der Waals surface area contributed by atoms with Crippen LogP contribution >= 0.6 is 0 Å². The SMILES string of the molecule is COc1ccc(N2C(=O)C(=Cc3ccc(C)o3)C(C(=O)O)=C2C)cc1. The minimum absolute atomic E-state index is 0.0325. The number of nitrogens with zero attached hydrogens (tertiary/aromatic N) is 1. The molecular formula is C19H17NO5. The number of aliphatic carboxylic acids is 1. The summed E-state index contributed by atoms with van der Waals surface area (Å²) in [6.45, 7) is 3.39. The van der Waals surface area contributed by atoms with Gasteiger partial charge in [0.25, 0.3) is 5.91 Å². The summed E-state index contributed by atoms with van der Waals surface area (Å²) in [5.41, 5.74) is 0.989. The van der Waals surface area contributed by atoms with Crippen molar-refractivity contribution < 1.29 is 23.8 Å². The number of rotatable bonds is 4. The monoisotopic (exact) mass is 339 g/mol. The molecule has 6 heteroatoms. The van der Waals surface area contributed by atoms with Crippen LogP contribution in [0.2, 0.25) is 0 Å². The molecule has 1 aromatic carbocycles. The number of aryl methyl sites for hydroxylation is 1. The number of benzene rings is 1. The third-order valence-corrected chi connectivity index (χ3v) is 3.99. The van der Waals surface area contributed by atoms with Gasteiger partial charge < -0.3 is 14.3 Å². The molecule has 2 heterocycles. The summed E-state index contributed by atoms with van der Waals surface area (Å²) in [5.74, 6) is 0.202. The van der Waals surface area contributed by atoms with Crippen molar-refractivity contribution in [3.8, 4) is 5.75 Å². The third kappa shape index (κ3) is 2.94. The Balaban J connectivity index is 2.08. The highest BCUT2D eigenvalue weighted by atomic mass is 16.5. The number of anilines is 1. The average molecular weight is 339 g/mol. The Labute approximate surface area is 144 Å². The van der Waals surface area contributed by atoms with Crippen LogP contribution in [-0.2, 0) is 9.59 Å². The molecule has 1 aromatic heterocycles.